The maximum Gasteiger partial charge on any atom is 0.157 e. The van der Waals surface area contributed by atoms with Crippen molar-refractivity contribution >= 4 is 11.5 Å². The Labute approximate surface area is 151 Å². The average molecular weight is 347 g/mol. The van der Waals surface area contributed by atoms with Gasteiger partial charge in [0.15, 0.2) is 5.65 Å². The maximum absolute atomic E-state index is 4.65. The fourth-order valence-electron chi connectivity index (χ4n) is 3.01. The number of nitrogens with one attached hydrogen (secondary N) is 1. The van der Waals surface area contributed by atoms with E-state index in [2.05, 4.69) is 57.5 Å². The molecule has 1 atom stereocenters. The number of fused-ring (bicyclic) bond motifs is 1. The molecular formula is C19H21N7. The van der Waals surface area contributed by atoms with Crippen molar-refractivity contribution in [3.05, 3.63) is 66.5 Å². The molecule has 0 aliphatic carbocycles. The van der Waals surface area contributed by atoms with Crippen LogP contribution in [0.3, 0.4) is 0 Å². The minimum absolute atomic E-state index is 0.129. The summed E-state index contributed by atoms with van der Waals surface area (Å²) in [7, 11) is 0. The molecule has 4 aromatic rings. The monoisotopic (exact) mass is 347 g/mol. The van der Waals surface area contributed by atoms with Gasteiger partial charge < -0.3 is 5.32 Å². The van der Waals surface area contributed by atoms with Crippen molar-refractivity contribution < 1.29 is 0 Å². The van der Waals surface area contributed by atoms with Gasteiger partial charge in [-0.2, -0.15) is 14.7 Å². The summed E-state index contributed by atoms with van der Waals surface area (Å²) in [6.45, 7) is 4.30. The first-order valence-corrected chi connectivity index (χ1v) is 8.80. The van der Waals surface area contributed by atoms with Crippen LogP contribution in [0.15, 0.2) is 55.2 Å². The fraction of sp³-hybridized carbons (Fsp3) is 0.263. The molecule has 0 unspecified atom stereocenters. The van der Waals surface area contributed by atoms with Gasteiger partial charge in [-0.1, -0.05) is 25.5 Å². The zero-order chi connectivity index (χ0) is 17.9. The van der Waals surface area contributed by atoms with Gasteiger partial charge in [0.1, 0.15) is 18.5 Å². The van der Waals surface area contributed by atoms with Crippen LogP contribution < -0.4 is 5.32 Å². The number of anilines is 1. The second-order valence-corrected chi connectivity index (χ2v) is 6.28. The Morgan fingerprint density at radius 3 is 2.69 bits per heavy atom. The second kappa shape index (κ2) is 6.95. The van der Waals surface area contributed by atoms with E-state index >= 15 is 0 Å². The summed E-state index contributed by atoms with van der Waals surface area (Å²) in [6.07, 6.45) is 7.02. The van der Waals surface area contributed by atoms with E-state index in [1.807, 2.05) is 22.7 Å². The van der Waals surface area contributed by atoms with E-state index in [-0.39, 0.29) is 6.04 Å². The third-order valence-corrected chi connectivity index (χ3v) is 4.36. The van der Waals surface area contributed by atoms with Crippen LogP contribution in [0, 0.1) is 0 Å². The van der Waals surface area contributed by atoms with Crippen molar-refractivity contribution in [2.75, 3.05) is 5.32 Å². The lowest BCUT2D eigenvalue weighted by Crippen LogP contribution is -2.12. The summed E-state index contributed by atoms with van der Waals surface area (Å²) < 4.78 is 3.59. The summed E-state index contributed by atoms with van der Waals surface area (Å²) in [4.78, 5) is 8.63. The first-order valence-electron chi connectivity index (χ1n) is 8.80. The third kappa shape index (κ3) is 3.15. The maximum atomic E-state index is 4.65. The first kappa shape index (κ1) is 16.3. The summed E-state index contributed by atoms with van der Waals surface area (Å²) in [5.41, 5.74) is 4.12. The summed E-state index contributed by atoms with van der Waals surface area (Å²) in [6, 6.07) is 12.4. The summed E-state index contributed by atoms with van der Waals surface area (Å²) >= 11 is 0. The van der Waals surface area contributed by atoms with Gasteiger partial charge in [-0.3, -0.25) is 0 Å². The van der Waals surface area contributed by atoms with E-state index in [9.17, 15) is 0 Å². The standard InChI is InChI=1S/C19H21N7/c1-3-4-16-11-19(26-18(24-16)9-10-21-26)23-14(2)15-5-7-17(8-6-15)25-13-20-12-22-25/h5-14,23H,3-4H2,1-2H3/t14-/m0/s1. The molecule has 3 heterocycles. The predicted octanol–water partition coefficient (Wildman–Crippen LogP) is 3.44. The van der Waals surface area contributed by atoms with Gasteiger partial charge in [0.2, 0.25) is 0 Å². The van der Waals surface area contributed by atoms with Crippen molar-refractivity contribution in [1.29, 1.82) is 0 Å². The van der Waals surface area contributed by atoms with Gasteiger partial charge in [0, 0.05) is 23.9 Å². The van der Waals surface area contributed by atoms with E-state index < -0.39 is 0 Å². The molecule has 0 saturated heterocycles. The molecule has 7 nitrogen and oxygen atoms in total. The van der Waals surface area contributed by atoms with E-state index in [0.717, 1.165) is 35.7 Å². The zero-order valence-corrected chi connectivity index (χ0v) is 14.9. The van der Waals surface area contributed by atoms with E-state index in [4.69, 9.17) is 0 Å². The number of aromatic nitrogens is 6. The molecule has 0 radical (unpaired) electrons. The average Bonchev–Trinajstić information content (AvgIpc) is 3.34. The molecule has 132 valence electrons. The minimum atomic E-state index is 0.129. The normalized spacial score (nSPS) is 12.4. The van der Waals surface area contributed by atoms with E-state index in [1.165, 1.54) is 11.9 Å². The fourth-order valence-corrected chi connectivity index (χ4v) is 3.01. The molecule has 3 aromatic heterocycles. The Morgan fingerprint density at radius 2 is 1.96 bits per heavy atom. The lowest BCUT2D eigenvalue weighted by molar-refractivity contribution is 0.820. The van der Waals surface area contributed by atoms with Gasteiger partial charge in [-0.25, -0.2) is 14.6 Å². The van der Waals surface area contributed by atoms with Crippen molar-refractivity contribution in [2.24, 2.45) is 0 Å². The Kier molecular flexibility index (Phi) is 4.35. The Morgan fingerprint density at radius 1 is 1.12 bits per heavy atom. The summed E-state index contributed by atoms with van der Waals surface area (Å²) in [5.74, 6) is 0.955. The van der Waals surface area contributed by atoms with Crippen LogP contribution in [0.1, 0.15) is 37.6 Å². The molecule has 0 aliphatic rings. The SMILES string of the molecule is CCCc1cc(N[C@@H](C)c2ccc(-n3cncn3)cc2)n2nccc2n1. The Bertz CT molecular complexity index is 987. The third-order valence-electron chi connectivity index (χ3n) is 4.36. The molecule has 0 bridgehead atoms. The number of benzene rings is 1. The van der Waals surface area contributed by atoms with Crippen LogP contribution in [-0.4, -0.2) is 29.4 Å². The van der Waals surface area contributed by atoms with Crippen LogP contribution in [0.25, 0.3) is 11.3 Å². The van der Waals surface area contributed by atoms with Crippen LogP contribution in [0.5, 0.6) is 0 Å². The molecular weight excluding hydrogens is 326 g/mol. The number of nitrogens with zero attached hydrogens (tertiary/aromatic N) is 6. The molecule has 7 heteroatoms. The highest BCUT2D eigenvalue weighted by Crippen LogP contribution is 2.22. The number of rotatable bonds is 6. The lowest BCUT2D eigenvalue weighted by atomic mass is 10.1. The van der Waals surface area contributed by atoms with Gasteiger partial charge in [-0.15, -0.1) is 0 Å². The Balaban J connectivity index is 1.58. The van der Waals surface area contributed by atoms with Crippen molar-refractivity contribution in [1.82, 2.24) is 29.4 Å². The smallest absolute Gasteiger partial charge is 0.157 e. The Hall–Kier alpha value is -3.22. The zero-order valence-electron chi connectivity index (χ0n) is 14.9. The van der Waals surface area contributed by atoms with E-state index in [0.29, 0.717) is 0 Å². The number of hydrogen-bond acceptors (Lipinski definition) is 5. The largest absolute Gasteiger partial charge is 0.363 e. The van der Waals surface area contributed by atoms with Crippen LogP contribution >= 0.6 is 0 Å². The van der Waals surface area contributed by atoms with Gasteiger partial charge in [0.05, 0.1) is 11.9 Å². The lowest BCUT2D eigenvalue weighted by Gasteiger charge is -2.17. The highest BCUT2D eigenvalue weighted by Gasteiger charge is 2.11. The number of hydrogen-bond donors (Lipinski definition) is 1. The summed E-state index contributed by atoms with van der Waals surface area (Å²) in [5, 5.41) is 12.1. The molecule has 1 N–H and O–H groups in total. The molecule has 4 rings (SSSR count). The van der Waals surface area contributed by atoms with E-state index in [1.54, 1.807) is 17.2 Å². The van der Waals surface area contributed by atoms with Crippen LogP contribution in [0.2, 0.25) is 0 Å². The molecule has 1 aromatic carbocycles. The van der Waals surface area contributed by atoms with Crippen molar-refractivity contribution in [3.63, 3.8) is 0 Å². The van der Waals surface area contributed by atoms with Crippen LogP contribution in [0.4, 0.5) is 5.82 Å². The first-order chi connectivity index (χ1) is 12.7. The van der Waals surface area contributed by atoms with Crippen molar-refractivity contribution in [2.45, 2.75) is 32.7 Å². The molecule has 0 saturated carbocycles. The van der Waals surface area contributed by atoms with Gasteiger partial charge in [-0.05, 0) is 31.0 Å². The van der Waals surface area contributed by atoms with Crippen molar-refractivity contribution in [3.8, 4) is 5.69 Å². The second-order valence-electron chi connectivity index (χ2n) is 6.28. The van der Waals surface area contributed by atoms with Crippen LogP contribution in [-0.2, 0) is 6.42 Å². The highest BCUT2D eigenvalue weighted by atomic mass is 15.3. The predicted molar refractivity (Wildman–Crippen MR) is 100 cm³/mol. The molecule has 0 fully saturated rings. The van der Waals surface area contributed by atoms with Gasteiger partial charge >= 0.3 is 0 Å². The molecule has 26 heavy (non-hydrogen) atoms. The quantitative estimate of drug-likeness (QED) is 0.578. The molecule has 0 amide bonds. The highest BCUT2D eigenvalue weighted by molar-refractivity contribution is 5.50. The minimum Gasteiger partial charge on any atom is -0.363 e. The topological polar surface area (TPSA) is 72.9 Å². The molecule has 0 aliphatic heterocycles. The molecule has 0 spiro atoms. The number of aryl methyl sites for hydroxylation is 1. The van der Waals surface area contributed by atoms with Gasteiger partial charge in [0.25, 0.3) is 0 Å².